The van der Waals surface area contributed by atoms with Gasteiger partial charge in [-0.3, -0.25) is 4.79 Å². The molecule has 0 bridgehead atoms. The first-order valence-corrected chi connectivity index (χ1v) is 11.0. The highest BCUT2D eigenvalue weighted by molar-refractivity contribution is 5.92. The van der Waals surface area contributed by atoms with Crippen molar-refractivity contribution in [1.82, 2.24) is 15.1 Å². The van der Waals surface area contributed by atoms with E-state index in [4.69, 9.17) is 14.2 Å². The highest BCUT2D eigenvalue weighted by Crippen LogP contribution is 2.27. The third kappa shape index (κ3) is 7.04. The number of carbonyl (C=O) groups is 1. The largest absolute Gasteiger partial charge is 0.491 e. The summed E-state index contributed by atoms with van der Waals surface area (Å²) in [5.74, 6) is 0.537. The lowest BCUT2D eigenvalue weighted by atomic mass is 10.0. The molecule has 1 N–H and O–H groups in total. The number of aryl methyl sites for hydroxylation is 1. The first-order chi connectivity index (χ1) is 16.7. The van der Waals surface area contributed by atoms with Crippen molar-refractivity contribution < 1.29 is 45.7 Å². The van der Waals surface area contributed by atoms with E-state index < -0.39 is 25.3 Å². The molecule has 2 aliphatic heterocycles. The van der Waals surface area contributed by atoms with Gasteiger partial charge in [0.25, 0.3) is 5.91 Å². The number of nitrogens with one attached hydrogen (secondary N) is 1. The Morgan fingerprint density at radius 3 is 2.89 bits per heavy atom. The van der Waals surface area contributed by atoms with Crippen LogP contribution in [-0.2, 0) is 29.0 Å². The fourth-order valence-electron chi connectivity index (χ4n) is 3.93. The summed E-state index contributed by atoms with van der Waals surface area (Å²) in [6.07, 6.45) is -3.45. The summed E-state index contributed by atoms with van der Waals surface area (Å²) in [5, 5.41) is 7.10. The maximum atomic E-state index is 12.7. The van der Waals surface area contributed by atoms with Crippen molar-refractivity contribution in [3.05, 3.63) is 41.1 Å². The van der Waals surface area contributed by atoms with Gasteiger partial charge < -0.3 is 24.3 Å². The highest BCUT2D eigenvalue weighted by Gasteiger charge is 2.28. The van der Waals surface area contributed by atoms with Crippen molar-refractivity contribution in [3.63, 3.8) is 0 Å². The number of nitrogens with zero attached hydrogens (tertiary/aromatic N) is 2. The third-order valence-corrected chi connectivity index (χ3v) is 5.51. The van der Waals surface area contributed by atoms with Gasteiger partial charge in [0.1, 0.15) is 25.1 Å². The second kappa shape index (κ2) is 10.8. The van der Waals surface area contributed by atoms with Gasteiger partial charge in [0.2, 0.25) is 5.88 Å². The van der Waals surface area contributed by atoms with E-state index >= 15 is 0 Å². The molecule has 192 valence electrons. The maximum Gasteiger partial charge on any atom is 0.411 e. The van der Waals surface area contributed by atoms with Crippen LogP contribution >= 0.6 is 0 Å². The van der Waals surface area contributed by atoms with Crippen LogP contribution in [0.5, 0.6) is 11.6 Å². The Bertz CT molecular complexity index is 1030. The van der Waals surface area contributed by atoms with Crippen molar-refractivity contribution in [1.29, 1.82) is 0 Å². The SMILES string of the molecule is O=C(N[C@H]1COc2ccc(COCC(F)(F)F)cc2C1)c1cc2n(n1)CC[C@@H](CCOC(F)F)O2. The Labute approximate surface area is 197 Å². The molecule has 2 aromatic rings. The first-order valence-electron chi connectivity index (χ1n) is 11.0. The standard InChI is InChI=1S/C22H24F5N3O5/c23-21(24)33-6-4-16-3-5-30-19(35-16)9-17(29-30)20(31)28-15-8-14-7-13(1-2-18(14)34-11-15)10-32-12-22(25,26)27/h1-2,7,9,15-16,21H,3-6,8,10-12H2,(H,28,31)/t15-,16+/m1/s1. The van der Waals surface area contributed by atoms with Crippen LogP contribution < -0.4 is 14.8 Å². The predicted octanol–water partition coefficient (Wildman–Crippen LogP) is 3.48. The van der Waals surface area contributed by atoms with Crippen LogP contribution in [0.2, 0.25) is 0 Å². The number of fused-ring (bicyclic) bond motifs is 2. The molecule has 35 heavy (non-hydrogen) atoms. The number of aromatic nitrogens is 2. The van der Waals surface area contributed by atoms with Crippen molar-refractivity contribution in [2.24, 2.45) is 0 Å². The van der Waals surface area contributed by atoms with E-state index in [2.05, 4.69) is 15.2 Å². The summed E-state index contributed by atoms with van der Waals surface area (Å²) in [6, 6.07) is 6.12. The fraction of sp³-hybridized carbons (Fsp3) is 0.545. The van der Waals surface area contributed by atoms with Crippen molar-refractivity contribution in [2.45, 2.75) is 57.3 Å². The molecule has 2 aliphatic rings. The van der Waals surface area contributed by atoms with Crippen LogP contribution in [0, 0.1) is 0 Å². The van der Waals surface area contributed by atoms with Crippen LogP contribution in [-0.4, -0.2) is 60.4 Å². The van der Waals surface area contributed by atoms with Gasteiger partial charge in [0.15, 0.2) is 5.69 Å². The normalized spacial score (nSPS) is 19.5. The maximum absolute atomic E-state index is 12.7. The number of ether oxygens (including phenoxy) is 4. The summed E-state index contributed by atoms with van der Waals surface area (Å²) < 4.78 is 83.0. The van der Waals surface area contributed by atoms with Gasteiger partial charge in [-0.15, -0.1) is 0 Å². The van der Waals surface area contributed by atoms with Gasteiger partial charge in [-0.05, 0) is 29.7 Å². The van der Waals surface area contributed by atoms with E-state index in [1.54, 1.807) is 22.9 Å². The zero-order chi connectivity index (χ0) is 25.0. The average Bonchev–Trinajstić information content (AvgIpc) is 3.21. The van der Waals surface area contributed by atoms with E-state index in [-0.39, 0.29) is 37.7 Å². The van der Waals surface area contributed by atoms with Crippen LogP contribution in [0.4, 0.5) is 22.0 Å². The highest BCUT2D eigenvalue weighted by atomic mass is 19.4. The Morgan fingerprint density at radius 1 is 1.29 bits per heavy atom. The second-order valence-corrected chi connectivity index (χ2v) is 8.28. The summed E-state index contributed by atoms with van der Waals surface area (Å²) in [4.78, 5) is 12.7. The van der Waals surface area contributed by atoms with Gasteiger partial charge in [0, 0.05) is 25.5 Å². The summed E-state index contributed by atoms with van der Waals surface area (Å²) in [6.45, 7) is -3.80. The molecule has 0 saturated heterocycles. The second-order valence-electron chi connectivity index (χ2n) is 8.28. The molecule has 1 aromatic heterocycles. The number of alkyl halides is 5. The zero-order valence-electron chi connectivity index (χ0n) is 18.5. The van der Waals surface area contributed by atoms with E-state index in [0.29, 0.717) is 43.0 Å². The Balaban J connectivity index is 1.31. The van der Waals surface area contributed by atoms with Crippen LogP contribution in [0.3, 0.4) is 0 Å². The Kier molecular flexibility index (Phi) is 7.75. The lowest BCUT2D eigenvalue weighted by Crippen LogP contribution is -2.43. The van der Waals surface area contributed by atoms with Crippen LogP contribution in [0.1, 0.15) is 34.5 Å². The molecule has 3 heterocycles. The number of benzene rings is 1. The molecule has 0 unspecified atom stereocenters. The number of carbonyl (C=O) groups excluding carboxylic acids is 1. The van der Waals surface area contributed by atoms with Gasteiger partial charge in [-0.1, -0.05) is 6.07 Å². The monoisotopic (exact) mass is 505 g/mol. The van der Waals surface area contributed by atoms with E-state index in [0.717, 1.165) is 5.56 Å². The summed E-state index contributed by atoms with van der Waals surface area (Å²) >= 11 is 0. The molecule has 13 heteroatoms. The van der Waals surface area contributed by atoms with Crippen molar-refractivity contribution in [2.75, 3.05) is 19.8 Å². The molecule has 0 aliphatic carbocycles. The van der Waals surface area contributed by atoms with E-state index in [9.17, 15) is 26.7 Å². The minimum absolute atomic E-state index is 0.136. The van der Waals surface area contributed by atoms with Gasteiger partial charge in [0.05, 0.1) is 19.3 Å². The van der Waals surface area contributed by atoms with Crippen molar-refractivity contribution in [3.8, 4) is 11.6 Å². The molecular formula is C22H24F5N3O5. The van der Waals surface area contributed by atoms with E-state index in [1.807, 2.05) is 0 Å². The molecule has 2 atom stereocenters. The fourth-order valence-corrected chi connectivity index (χ4v) is 3.93. The summed E-state index contributed by atoms with van der Waals surface area (Å²) in [7, 11) is 0. The van der Waals surface area contributed by atoms with E-state index in [1.165, 1.54) is 6.07 Å². The lowest BCUT2D eigenvalue weighted by molar-refractivity contribution is -0.176. The summed E-state index contributed by atoms with van der Waals surface area (Å²) in [5.41, 5.74) is 1.46. The smallest absolute Gasteiger partial charge is 0.411 e. The van der Waals surface area contributed by atoms with Gasteiger partial charge in [-0.25, -0.2) is 4.68 Å². The average molecular weight is 505 g/mol. The molecule has 0 spiro atoms. The number of rotatable bonds is 9. The van der Waals surface area contributed by atoms with Crippen LogP contribution in [0.25, 0.3) is 0 Å². The van der Waals surface area contributed by atoms with Crippen LogP contribution in [0.15, 0.2) is 24.3 Å². The Hall–Kier alpha value is -2.93. The minimum Gasteiger partial charge on any atom is -0.491 e. The third-order valence-electron chi connectivity index (χ3n) is 5.51. The molecule has 0 saturated carbocycles. The molecule has 0 fully saturated rings. The zero-order valence-corrected chi connectivity index (χ0v) is 18.5. The van der Waals surface area contributed by atoms with Crippen molar-refractivity contribution >= 4 is 5.91 Å². The first kappa shape index (κ1) is 25.2. The molecule has 1 aromatic carbocycles. The Morgan fingerprint density at radius 2 is 2.11 bits per heavy atom. The molecule has 8 nitrogen and oxygen atoms in total. The molecule has 4 rings (SSSR count). The number of halogens is 5. The molecule has 0 radical (unpaired) electrons. The number of amides is 1. The minimum atomic E-state index is -4.40. The topological polar surface area (TPSA) is 83.8 Å². The molecular weight excluding hydrogens is 481 g/mol. The van der Waals surface area contributed by atoms with Gasteiger partial charge >= 0.3 is 12.8 Å². The number of hydrogen-bond acceptors (Lipinski definition) is 6. The van der Waals surface area contributed by atoms with Gasteiger partial charge in [-0.2, -0.15) is 27.1 Å². The number of hydrogen-bond donors (Lipinski definition) is 1. The predicted molar refractivity (Wildman–Crippen MR) is 110 cm³/mol. The quantitative estimate of drug-likeness (QED) is 0.526. The lowest BCUT2D eigenvalue weighted by Gasteiger charge is -2.26. The molecule has 1 amide bonds.